The van der Waals surface area contributed by atoms with Crippen LogP contribution in [-0.4, -0.2) is 9.97 Å². The lowest BCUT2D eigenvalue weighted by atomic mass is 10.2. The summed E-state index contributed by atoms with van der Waals surface area (Å²) in [7, 11) is 0. The first-order chi connectivity index (χ1) is 8.29. The van der Waals surface area contributed by atoms with Gasteiger partial charge in [-0.2, -0.15) is 4.98 Å². The zero-order chi connectivity index (χ0) is 12.1. The predicted octanol–water partition coefficient (Wildman–Crippen LogP) is 2.04. The normalized spacial score (nSPS) is 9.88. The van der Waals surface area contributed by atoms with Crippen LogP contribution in [-0.2, 0) is 6.61 Å². The molecule has 17 heavy (non-hydrogen) atoms. The Bertz CT molecular complexity index is 516. The number of nitrogen functional groups attached to an aromatic ring is 1. The molecule has 1 heterocycles. The Balaban J connectivity index is 2.13. The van der Waals surface area contributed by atoms with Crippen LogP contribution in [0.1, 0.15) is 5.56 Å². The number of benzene rings is 1. The molecule has 6 heteroatoms. The molecule has 0 amide bonds. The molecule has 0 atom stereocenters. The maximum Gasteiger partial charge on any atom is 0.248 e. The second kappa shape index (κ2) is 5.02. The van der Waals surface area contributed by atoms with Gasteiger partial charge < -0.3 is 10.5 Å². The van der Waals surface area contributed by atoms with Gasteiger partial charge in [-0.3, -0.25) is 0 Å². The van der Waals surface area contributed by atoms with Gasteiger partial charge in [-0.25, -0.2) is 4.98 Å². The fourth-order valence-corrected chi connectivity index (χ4v) is 1.27. The lowest BCUT2D eigenvalue weighted by Crippen LogP contribution is -2.01. The Morgan fingerprint density at radius 2 is 2.06 bits per heavy atom. The Kier molecular flexibility index (Phi) is 3.25. The van der Waals surface area contributed by atoms with E-state index in [1.54, 1.807) is 0 Å². The fourth-order valence-electron chi connectivity index (χ4n) is 1.27. The van der Waals surface area contributed by atoms with Crippen molar-refractivity contribution in [2.24, 2.45) is 5.18 Å². The first-order valence-electron chi connectivity index (χ1n) is 4.92. The van der Waals surface area contributed by atoms with E-state index in [9.17, 15) is 4.91 Å². The monoisotopic (exact) mass is 230 g/mol. The lowest BCUT2D eigenvalue weighted by Gasteiger charge is -2.06. The predicted molar refractivity (Wildman–Crippen MR) is 62.7 cm³/mol. The number of hydrogen-bond donors (Lipinski definition) is 1. The molecule has 1 aromatic carbocycles. The third kappa shape index (κ3) is 2.75. The molecule has 1 aromatic heterocycles. The topological polar surface area (TPSA) is 90.5 Å². The van der Waals surface area contributed by atoms with Crippen LogP contribution in [0.15, 0.2) is 41.7 Å². The quantitative estimate of drug-likeness (QED) is 0.811. The number of ether oxygens (including phenoxy) is 1. The van der Waals surface area contributed by atoms with Crippen LogP contribution in [0.5, 0.6) is 5.88 Å². The molecule has 0 unspecified atom stereocenters. The van der Waals surface area contributed by atoms with Gasteiger partial charge in [0.1, 0.15) is 6.61 Å². The molecular weight excluding hydrogens is 220 g/mol. The van der Waals surface area contributed by atoms with Gasteiger partial charge >= 0.3 is 0 Å². The molecule has 0 spiro atoms. The lowest BCUT2D eigenvalue weighted by molar-refractivity contribution is 0.295. The van der Waals surface area contributed by atoms with Crippen molar-refractivity contribution in [3.8, 4) is 5.88 Å². The number of hydrogen-bond acceptors (Lipinski definition) is 6. The minimum Gasteiger partial charge on any atom is -0.471 e. The maximum atomic E-state index is 10.5. The third-order valence-corrected chi connectivity index (χ3v) is 2.07. The molecule has 2 N–H and O–H groups in total. The smallest absolute Gasteiger partial charge is 0.248 e. The zero-order valence-corrected chi connectivity index (χ0v) is 8.91. The van der Waals surface area contributed by atoms with Gasteiger partial charge in [0, 0.05) is 0 Å². The van der Waals surface area contributed by atoms with E-state index in [0.717, 1.165) is 5.56 Å². The van der Waals surface area contributed by atoms with Gasteiger partial charge in [0.15, 0.2) is 5.69 Å². The number of nitrogens with two attached hydrogens (primary N) is 1. The largest absolute Gasteiger partial charge is 0.471 e. The number of rotatable bonds is 4. The van der Waals surface area contributed by atoms with Gasteiger partial charge in [0.2, 0.25) is 11.8 Å². The van der Waals surface area contributed by atoms with E-state index >= 15 is 0 Å². The van der Waals surface area contributed by atoms with E-state index < -0.39 is 0 Å². The minimum absolute atomic E-state index is 0.0372. The molecule has 6 nitrogen and oxygen atoms in total. The molecule has 0 radical (unpaired) electrons. The second-order valence-corrected chi connectivity index (χ2v) is 3.28. The second-order valence-electron chi connectivity index (χ2n) is 3.28. The van der Waals surface area contributed by atoms with Crippen LogP contribution >= 0.6 is 0 Å². The summed E-state index contributed by atoms with van der Waals surface area (Å²) in [6.07, 6.45) is 1.23. The summed E-state index contributed by atoms with van der Waals surface area (Å²) < 4.78 is 5.37. The van der Waals surface area contributed by atoms with Gasteiger partial charge in [-0.15, -0.1) is 4.91 Å². The SMILES string of the molecule is Nc1ncc(N=O)c(OCc2ccccc2)n1. The summed E-state index contributed by atoms with van der Waals surface area (Å²) in [6.45, 7) is 0.291. The van der Waals surface area contributed by atoms with Crippen molar-refractivity contribution in [1.29, 1.82) is 0 Å². The summed E-state index contributed by atoms with van der Waals surface area (Å²) in [5.74, 6) is 0.136. The zero-order valence-electron chi connectivity index (χ0n) is 8.91. The molecule has 0 aliphatic carbocycles. The van der Waals surface area contributed by atoms with Crippen molar-refractivity contribution in [2.45, 2.75) is 6.61 Å². The van der Waals surface area contributed by atoms with Crippen molar-refractivity contribution < 1.29 is 4.74 Å². The van der Waals surface area contributed by atoms with E-state index in [2.05, 4.69) is 15.1 Å². The van der Waals surface area contributed by atoms with E-state index in [-0.39, 0.29) is 17.5 Å². The maximum absolute atomic E-state index is 10.5. The van der Waals surface area contributed by atoms with Gasteiger partial charge in [-0.1, -0.05) is 30.3 Å². The van der Waals surface area contributed by atoms with E-state index in [1.807, 2.05) is 30.3 Å². The molecule has 0 fully saturated rings. The fraction of sp³-hybridized carbons (Fsp3) is 0.0909. The van der Waals surface area contributed by atoms with Gasteiger partial charge in [0.05, 0.1) is 6.20 Å². The number of anilines is 1. The van der Waals surface area contributed by atoms with Gasteiger partial charge in [-0.05, 0) is 10.7 Å². The van der Waals surface area contributed by atoms with E-state index in [1.165, 1.54) is 6.20 Å². The molecule has 2 aromatic rings. The highest BCUT2D eigenvalue weighted by atomic mass is 16.5. The first-order valence-corrected chi connectivity index (χ1v) is 4.92. The molecule has 2 rings (SSSR count). The molecule has 86 valence electrons. The minimum atomic E-state index is 0.0372. The van der Waals surface area contributed by atoms with Crippen molar-refractivity contribution in [2.75, 3.05) is 5.73 Å². The van der Waals surface area contributed by atoms with Crippen LogP contribution in [0.3, 0.4) is 0 Å². The first kappa shape index (κ1) is 11.0. The Labute approximate surface area is 97.4 Å². The van der Waals surface area contributed by atoms with Crippen LogP contribution < -0.4 is 10.5 Å². The van der Waals surface area contributed by atoms with Crippen LogP contribution in [0.2, 0.25) is 0 Å². The highest BCUT2D eigenvalue weighted by molar-refractivity contribution is 5.47. The van der Waals surface area contributed by atoms with Gasteiger partial charge in [0.25, 0.3) is 0 Å². The summed E-state index contributed by atoms with van der Waals surface area (Å²) >= 11 is 0. The summed E-state index contributed by atoms with van der Waals surface area (Å²) in [5.41, 5.74) is 6.40. The van der Waals surface area contributed by atoms with Crippen molar-refractivity contribution in [3.63, 3.8) is 0 Å². The Hall–Kier alpha value is -2.50. The molecular formula is C11H10N4O2. The number of nitroso groups, excluding NO2 is 1. The highest BCUT2D eigenvalue weighted by Gasteiger charge is 2.07. The number of nitrogens with zero attached hydrogens (tertiary/aromatic N) is 3. The van der Waals surface area contributed by atoms with Crippen LogP contribution in [0, 0.1) is 4.91 Å². The average Bonchev–Trinajstić information content (AvgIpc) is 2.38. The molecule has 0 aliphatic rings. The standard InChI is InChI=1S/C11H10N4O2/c12-11-13-6-9(15-16)10(14-11)17-7-8-4-2-1-3-5-8/h1-6H,7H2,(H2,12,13,14). The molecule has 0 aliphatic heterocycles. The third-order valence-electron chi connectivity index (χ3n) is 2.07. The van der Waals surface area contributed by atoms with Crippen molar-refractivity contribution >= 4 is 11.6 Å². The molecule has 0 saturated heterocycles. The van der Waals surface area contributed by atoms with Crippen LogP contribution in [0.4, 0.5) is 11.6 Å². The van der Waals surface area contributed by atoms with Crippen molar-refractivity contribution in [1.82, 2.24) is 9.97 Å². The molecule has 0 saturated carbocycles. The summed E-state index contributed by atoms with van der Waals surface area (Å²) in [4.78, 5) is 18.0. The summed E-state index contributed by atoms with van der Waals surface area (Å²) in [5, 5.41) is 2.77. The van der Waals surface area contributed by atoms with Crippen molar-refractivity contribution in [3.05, 3.63) is 47.0 Å². The Morgan fingerprint density at radius 1 is 1.29 bits per heavy atom. The summed E-state index contributed by atoms with van der Waals surface area (Å²) in [6, 6.07) is 9.50. The number of aromatic nitrogens is 2. The average molecular weight is 230 g/mol. The Morgan fingerprint density at radius 3 is 2.76 bits per heavy atom. The molecule has 0 bridgehead atoms. The highest BCUT2D eigenvalue weighted by Crippen LogP contribution is 2.24. The van der Waals surface area contributed by atoms with Crippen LogP contribution in [0.25, 0.3) is 0 Å². The van der Waals surface area contributed by atoms with E-state index in [4.69, 9.17) is 10.5 Å². The van der Waals surface area contributed by atoms with E-state index in [0.29, 0.717) is 6.61 Å².